The number of hydrazone groups is 1. The van der Waals surface area contributed by atoms with Crippen LogP contribution in [-0.4, -0.2) is 16.0 Å². The summed E-state index contributed by atoms with van der Waals surface area (Å²) in [5.41, 5.74) is 8.40. The minimum absolute atomic E-state index is 0.406. The van der Waals surface area contributed by atoms with Gasteiger partial charge < -0.3 is 0 Å². The van der Waals surface area contributed by atoms with Gasteiger partial charge >= 0.3 is 0 Å². The van der Waals surface area contributed by atoms with Gasteiger partial charge in [0.25, 0.3) is 0 Å². The first-order valence-corrected chi connectivity index (χ1v) is 9.07. The maximum absolute atomic E-state index is 6.15. The monoisotopic (exact) mass is 406 g/mol. The maximum Gasteiger partial charge on any atom is 0.0935 e. The van der Waals surface area contributed by atoms with Gasteiger partial charge in [-0.3, -0.25) is 5.43 Å². The van der Waals surface area contributed by atoms with Crippen molar-refractivity contribution in [2.45, 2.75) is 20.8 Å². The summed E-state index contributed by atoms with van der Waals surface area (Å²) in [6.45, 7) is 6.01. The predicted octanol–water partition coefficient (Wildman–Crippen LogP) is 6.20. The molecule has 7 heteroatoms. The number of hydrogen-bond acceptors (Lipinski definition) is 3. The van der Waals surface area contributed by atoms with Crippen molar-refractivity contribution in [3.8, 4) is 5.69 Å². The minimum Gasteiger partial charge on any atom is -0.275 e. The molecule has 0 aliphatic carbocycles. The Kier molecular flexibility index (Phi) is 5.56. The first-order chi connectivity index (χ1) is 12.4. The largest absolute Gasteiger partial charge is 0.275 e. The molecule has 4 nitrogen and oxygen atoms in total. The first-order valence-electron chi connectivity index (χ1n) is 7.93. The summed E-state index contributed by atoms with van der Waals surface area (Å²) in [6.07, 6.45) is 1.71. The van der Waals surface area contributed by atoms with Gasteiger partial charge in [-0.15, -0.1) is 0 Å². The van der Waals surface area contributed by atoms with Gasteiger partial charge in [0.05, 0.1) is 39.0 Å². The van der Waals surface area contributed by atoms with Gasteiger partial charge in [0.2, 0.25) is 0 Å². The molecule has 1 heterocycles. The van der Waals surface area contributed by atoms with E-state index >= 15 is 0 Å². The van der Waals surface area contributed by atoms with Gasteiger partial charge in [0, 0.05) is 10.6 Å². The van der Waals surface area contributed by atoms with E-state index < -0.39 is 0 Å². The normalized spacial score (nSPS) is 11.3. The summed E-state index contributed by atoms with van der Waals surface area (Å²) in [7, 11) is 0. The van der Waals surface area contributed by atoms with Crippen molar-refractivity contribution in [2.24, 2.45) is 5.10 Å². The van der Waals surface area contributed by atoms with Crippen LogP contribution in [0.3, 0.4) is 0 Å². The Hall–Kier alpha value is -2.01. The Bertz CT molecular complexity index is 952. The molecule has 1 aromatic heterocycles. The number of benzene rings is 2. The van der Waals surface area contributed by atoms with Crippen molar-refractivity contribution < 1.29 is 0 Å². The molecule has 0 radical (unpaired) electrons. The molecule has 3 aromatic rings. The van der Waals surface area contributed by atoms with E-state index in [9.17, 15) is 0 Å². The van der Waals surface area contributed by atoms with Crippen LogP contribution in [0.4, 0.5) is 5.69 Å². The number of aromatic nitrogens is 2. The van der Waals surface area contributed by atoms with Crippen LogP contribution < -0.4 is 5.43 Å². The highest BCUT2D eigenvalue weighted by molar-refractivity contribution is 6.41. The highest BCUT2D eigenvalue weighted by Gasteiger charge is 2.12. The second-order valence-electron chi connectivity index (χ2n) is 5.95. The van der Waals surface area contributed by atoms with Gasteiger partial charge in [-0.1, -0.05) is 52.5 Å². The number of aryl methyl sites for hydroxylation is 2. The molecule has 0 unspecified atom stereocenters. The first kappa shape index (κ1) is 18.8. The molecule has 134 valence electrons. The van der Waals surface area contributed by atoms with E-state index in [0.717, 1.165) is 22.6 Å². The fourth-order valence-electron chi connectivity index (χ4n) is 2.59. The highest BCUT2D eigenvalue weighted by Crippen LogP contribution is 2.33. The van der Waals surface area contributed by atoms with E-state index in [1.165, 1.54) is 5.56 Å². The van der Waals surface area contributed by atoms with Crippen molar-refractivity contribution >= 4 is 46.7 Å². The second-order valence-corrected chi connectivity index (χ2v) is 7.20. The van der Waals surface area contributed by atoms with Crippen molar-refractivity contribution in [1.82, 2.24) is 9.78 Å². The molecule has 0 aliphatic rings. The molecule has 2 aromatic carbocycles. The molecule has 0 saturated carbocycles. The van der Waals surface area contributed by atoms with E-state index in [1.54, 1.807) is 18.3 Å². The standard InChI is InChI=1S/C19H17Cl3N4/c1-11-4-6-15(7-5-11)26-13(3)16(12(2)25-26)10-23-24-19-17(21)8-14(20)9-18(19)22/h4-10,24H,1-3H3/b23-10+. The lowest BCUT2D eigenvalue weighted by atomic mass is 10.2. The summed E-state index contributed by atoms with van der Waals surface area (Å²) in [5.74, 6) is 0. The Balaban J connectivity index is 1.87. The van der Waals surface area contributed by atoms with Gasteiger partial charge in [0.1, 0.15) is 0 Å². The van der Waals surface area contributed by atoms with Crippen LogP contribution in [-0.2, 0) is 0 Å². The van der Waals surface area contributed by atoms with Gasteiger partial charge in [-0.25, -0.2) is 4.68 Å². The lowest BCUT2D eigenvalue weighted by Gasteiger charge is -2.06. The minimum atomic E-state index is 0.406. The topological polar surface area (TPSA) is 42.2 Å². The number of halogens is 3. The van der Waals surface area contributed by atoms with Crippen LogP contribution in [0.5, 0.6) is 0 Å². The maximum atomic E-state index is 6.15. The SMILES string of the molecule is Cc1ccc(-n2nc(C)c(/C=N/Nc3c(Cl)cc(Cl)cc3Cl)c2C)cc1. The molecule has 0 amide bonds. The van der Waals surface area contributed by atoms with Crippen molar-refractivity contribution in [3.63, 3.8) is 0 Å². The zero-order valence-electron chi connectivity index (χ0n) is 14.5. The Morgan fingerprint density at radius 1 is 1.00 bits per heavy atom. The summed E-state index contributed by atoms with van der Waals surface area (Å²) in [6, 6.07) is 11.4. The molecule has 0 aliphatic heterocycles. The molecular weight excluding hydrogens is 391 g/mol. The third-order valence-electron chi connectivity index (χ3n) is 4.00. The molecule has 0 fully saturated rings. The van der Waals surface area contributed by atoms with Crippen LogP contribution >= 0.6 is 34.8 Å². The van der Waals surface area contributed by atoms with Gasteiger partial charge in [-0.2, -0.15) is 10.2 Å². The molecule has 0 atom stereocenters. The number of hydrogen-bond donors (Lipinski definition) is 1. The average Bonchev–Trinajstić information content (AvgIpc) is 2.85. The molecule has 0 bridgehead atoms. The molecule has 0 saturated heterocycles. The quantitative estimate of drug-likeness (QED) is 0.413. The molecule has 0 spiro atoms. The highest BCUT2D eigenvalue weighted by atomic mass is 35.5. The lowest BCUT2D eigenvalue weighted by Crippen LogP contribution is -1.99. The fraction of sp³-hybridized carbons (Fsp3) is 0.158. The molecule has 3 rings (SSSR count). The van der Waals surface area contributed by atoms with Crippen molar-refractivity contribution in [1.29, 1.82) is 0 Å². The molecular formula is C19H17Cl3N4. The summed E-state index contributed by atoms with van der Waals surface area (Å²) < 4.78 is 1.90. The van der Waals surface area contributed by atoms with Gasteiger partial charge in [-0.05, 0) is 45.0 Å². The third-order valence-corrected chi connectivity index (χ3v) is 4.82. The second kappa shape index (κ2) is 7.70. The summed E-state index contributed by atoms with van der Waals surface area (Å²) >= 11 is 18.2. The van der Waals surface area contributed by atoms with E-state index in [4.69, 9.17) is 34.8 Å². The Morgan fingerprint density at radius 3 is 2.23 bits per heavy atom. The Labute approximate surface area is 167 Å². The zero-order valence-corrected chi connectivity index (χ0v) is 16.8. The average molecular weight is 408 g/mol. The molecule has 26 heavy (non-hydrogen) atoms. The van der Waals surface area contributed by atoms with Crippen LogP contribution in [0.2, 0.25) is 15.1 Å². The van der Waals surface area contributed by atoms with Crippen molar-refractivity contribution in [3.05, 3.63) is 74.0 Å². The van der Waals surface area contributed by atoms with Crippen LogP contribution in [0.25, 0.3) is 5.69 Å². The van der Waals surface area contributed by atoms with Gasteiger partial charge in [0.15, 0.2) is 0 Å². The summed E-state index contributed by atoms with van der Waals surface area (Å²) in [5, 5.41) is 10.2. The smallest absolute Gasteiger partial charge is 0.0935 e. The Morgan fingerprint density at radius 2 is 1.62 bits per heavy atom. The van der Waals surface area contributed by atoms with Crippen LogP contribution in [0.15, 0.2) is 41.5 Å². The molecule has 1 N–H and O–H groups in total. The third kappa shape index (κ3) is 3.88. The van der Waals surface area contributed by atoms with Crippen LogP contribution in [0, 0.1) is 20.8 Å². The van der Waals surface area contributed by atoms with E-state index in [0.29, 0.717) is 20.8 Å². The fourth-order valence-corrected chi connectivity index (χ4v) is 3.49. The van der Waals surface area contributed by atoms with E-state index in [2.05, 4.69) is 34.7 Å². The predicted molar refractivity (Wildman–Crippen MR) is 110 cm³/mol. The number of rotatable bonds is 4. The number of nitrogens with one attached hydrogen (secondary N) is 1. The number of anilines is 1. The van der Waals surface area contributed by atoms with E-state index in [1.807, 2.05) is 30.7 Å². The summed E-state index contributed by atoms with van der Waals surface area (Å²) in [4.78, 5) is 0. The van der Waals surface area contributed by atoms with E-state index in [-0.39, 0.29) is 0 Å². The number of nitrogens with zero attached hydrogens (tertiary/aromatic N) is 3. The lowest BCUT2D eigenvalue weighted by molar-refractivity contribution is 0.833. The zero-order chi connectivity index (χ0) is 18.8. The van der Waals surface area contributed by atoms with Crippen molar-refractivity contribution in [2.75, 3.05) is 5.43 Å². The van der Waals surface area contributed by atoms with Crippen LogP contribution in [0.1, 0.15) is 22.5 Å².